The Morgan fingerprint density at radius 1 is 1.11 bits per heavy atom. The van der Waals surface area contributed by atoms with Crippen LogP contribution in [0.3, 0.4) is 0 Å². The van der Waals surface area contributed by atoms with Crippen molar-refractivity contribution in [2.75, 3.05) is 19.8 Å². The number of aryl methyl sites for hydroxylation is 1. The van der Waals surface area contributed by atoms with Gasteiger partial charge in [0, 0.05) is 12.0 Å². The molecule has 0 saturated heterocycles. The van der Waals surface area contributed by atoms with Crippen LogP contribution in [-0.4, -0.2) is 19.8 Å². The lowest BCUT2D eigenvalue weighted by Gasteiger charge is -2.31. The first-order valence-electron chi connectivity index (χ1n) is 6.86. The molecule has 0 aromatic heterocycles. The van der Waals surface area contributed by atoms with Crippen molar-refractivity contribution >= 4 is 0 Å². The van der Waals surface area contributed by atoms with Crippen LogP contribution in [0.5, 0.6) is 11.5 Å². The van der Waals surface area contributed by atoms with Gasteiger partial charge < -0.3 is 15.2 Å². The Labute approximate surface area is 108 Å². The Morgan fingerprint density at radius 3 is 2.33 bits per heavy atom. The molecule has 3 heteroatoms. The Hall–Kier alpha value is -1.22. The maximum absolute atomic E-state index is 6.07. The zero-order valence-corrected chi connectivity index (χ0v) is 11.0. The minimum absolute atomic E-state index is 0.167. The molecule has 3 nitrogen and oxygen atoms in total. The number of rotatable bonds is 2. The van der Waals surface area contributed by atoms with Crippen LogP contribution in [0, 0.1) is 6.92 Å². The summed E-state index contributed by atoms with van der Waals surface area (Å²) in [6.45, 7) is 4.18. The quantitative estimate of drug-likeness (QED) is 0.873. The van der Waals surface area contributed by atoms with Gasteiger partial charge in [-0.3, -0.25) is 0 Å². The van der Waals surface area contributed by atoms with Crippen LogP contribution in [0.25, 0.3) is 0 Å². The van der Waals surface area contributed by atoms with E-state index in [1.807, 2.05) is 0 Å². The van der Waals surface area contributed by atoms with Crippen LogP contribution in [0.1, 0.15) is 36.8 Å². The molecule has 0 radical (unpaired) electrons. The molecule has 0 spiro atoms. The van der Waals surface area contributed by atoms with Gasteiger partial charge in [-0.15, -0.1) is 0 Å². The smallest absolute Gasteiger partial charge is 0.161 e. The summed E-state index contributed by atoms with van der Waals surface area (Å²) in [6.07, 6.45) is 4.96. The van der Waals surface area contributed by atoms with E-state index in [0.717, 1.165) is 18.0 Å². The van der Waals surface area contributed by atoms with E-state index in [1.165, 1.54) is 36.8 Å². The van der Waals surface area contributed by atoms with Gasteiger partial charge in [0.25, 0.3) is 0 Å². The average Bonchev–Trinajstić information content (AvgIpc) is 2.88. The molecule has 1 aromatic carbocycles. The molecule has 2 aliphatic rings. The van der Waals surface area contributed by atoms with Gasteiger partial charge in [-0.1, -0.05) is 12.8 Å². The summed E-state index contributed by atoms with van der Waals surface area (Å²) in [7, 11) is 0. The number of hydrogen-bond donors (Lipinski definition) is 1. The Morgan fingerprint density at radius 2 is 1.72 bits per heavy atom. The number of nitrogens with two attached hydrogens (primary N) is 1. The highest BCUT2D eigenvalue weighted by Crippen LogP contribution is 2.45. The molecule has 2 N–H and O–H groups in total. The van der Waals surface area contributed by atoms with Crippen LogP contribution >= 0.6 is 0 Å². The third-order valence-electron chi connectivity index (χ3n) is 4.41. The number of fused-ring (bicyclic) bond motifs is 1. The summed E-state index contributed by atoms with van der Waals surface area (Å²) in [5.41, 5.74) is 8.89. The van der Waals surface area contributed by atoms with Crippen LogP contribution in [0.2, 0.25) is 0 Å². The molecule has 1 aromatic rings. The van der Waals surface area contributed by atoms with Gasteiger partial charge in [0.05, 0.1) is 0 Å². The lowest BCUT2D eigenvalue weighted by molar-refractivity contribution is 0.171. The van der Waals surface area contributed by atoms with E-state index in [-0.39, 0.29) is 5.41 Å². The third-order valence-corrected chi connectivity index (χ3v) is 4.41. The molecule has 1 aliphatic heterocycles. The summed E-state index contributed by atoms with van der Waals surface area (Å²) in [5, 5.41) is 0. The summed E-state index contributed by atoms with van der Waals surface area (Å²) in [5.74, 6) is 1.77. The second-order valence-electron chi connectivity index (χ2n) is 5.50. The van der Waals surface area contributed by atoms with E-state index in [0.29, 0.717) is 13.2 Å². The van der Waals surface area contributed by atoms with Gasteiger partial charge in [0.15, 0.2) is 11.5 Å². The van der Waals surface area contributed by atoms with E-state index < -0.39 is 0 Å². The van der Waals surface area contributed by atoms with Crippen molar-refractivity contribution in [2.45, 2.75) is 38.0 Å². The van der Waals surface area contributed by atoms with E-state index in [9.17, 15) is 0 Å². The predicted octanol–water partition coefficient (Wildman–Crippen LogP) is 2.54. The molecule has 0 atom stereocenters. The van der Waals surface area contributed by atoms with E-state index >= 15 is 0 Å². The fraction of sp³-hybridized carbons (Fsp3) is 0.600. The minimum atomic E-state index is 0.167. The lowest BCUT2D eigenvalue weighted by Crippen LogP contribution is -2.33. The van der Waals surface area contributed by atoms with Crippen molar-refractivity contribution < 1.29 is 9.47 Å². The van der Waals surface area contributed by atoms with Gasteiger partial charge in [-0.2, -0.15) is 0 Å². The van der Waals surface area contributed by atoms with Gasteiger partial charge >= 0.3 is 0 Å². The molecule has 0 bridgehead atoms. The number of benzene rings is 1. The zero-order valence-electron chi connectivity index (χ0n) is 11.0. The fourth-order valence-electron chi connectivity index (χ4n) is 3.40. The van der Waals surface area contributed by atoms with Gasteiger partial charge in [0.2, 0.25) is 0 Å². The number of hydrogen-bond acceptors (Lipinski definition) is 3. The lowest BCUT2D eigenvalue weighted by atomic mass is 9.77. The Kier molecular flexibility index (Phi) is 2.94. The summed E-state index contributed by atoms with van der Waals surface area (Å²) in [4.78, 5) is 0. The molecular weight excluding hydrogens is 226 g/mol. The monoisotopic (exact) mass is 247 g/mol. The molecule has 1 fully saturated rings. The van der Waals surface area contributed by atoms with Crippen molar-refractivity contribution in [3.63, 3.8) is 0 Å². The maximum Gasteiger partial charge on any atom is 0.161 e. The summed E-state index contributed by atoms with van der Waals surface area (Å²) >= 11 is 0. The molecule has 98 valence electrons. The fourth-order valence-corrected chi connectivity index (χ4v) is 3.40. The highest BCUT2D eigenvalue weighted by Gasteiger charge is 2.36. The summed E-state index contributed by atoms with van der Waals surface area (Å²) < 4.78 is 11.3. The first-order valence-corrected chi connectivity index (χ1v) is 6.86. The molecular formula is C15H21NO2. The Bertz CT molecular complexity index is 450. The SMILES string of the molecule is Cc1cc2c(cc1C1(CN)CCCC1)OCCO2. The van der Waals surface area contributed by atoms with E-state index in [2.05, 4.69) is 19.1 Å². The molecule has 3 rings (SSSR count). The van der Waals surface area contributed by atoms with Crippen molar-refractivity contribution in [1.82, 2.24) is 0 Å². The van der Waals surface area contributed by atoms with Crippen LogP contribution in [0.15, 0.2) is 12.1 Å². The Balaban J connectivity index is 2.05. The van der Waals surface area contributed by atoms with Gasteiger partial charge in [0.1, 0.15) is 13.2 Å². The van der Waals surface area contributed by atoms with Crippen LogP contribution < -0.4 is 15.2 Å². The highest BCUT2D eigenvalue weighted by molar-refractivity contribution is 5.50. The highest BCUT2D eigenvalue weighted by atomic mass is 16.6. The first-order chi connectivity index (χ1) is 8.75. The van der Waals surface area contributed by atoms with Gasteiger partial charge in [-0.05, 0) is 43.0 Å². The van der Waals surface area contributed by atoms with Crippen LogP contribution in [-0.2, 0) is 5.41 Å². The second kappa shape index (κ2) is 4.47. The second-order valence-corrected chi connectivity index (χ2v) is 5.50. The predicted molar refractivity (Wildman–Crippen MR) is 71.4 cm³/mol. The average molecular weight is 247 g/mol. The topological polar surface area (TPSA) is 44.5 Å². The molecule has 0 unspecified atom stereocenters. The molecule has 0 amide bonds. The maximum atomic E-state index is 6.07. The van der Waals surface area contributed by atoms with E-state index in [1.54, 1.807) is 0 Å². The minimum Gasteiger partial charge on any atom is -0.486 e. The van der Waals surface area contributed by atoms with Crippen molar-refractivity contribution in [3.05, 3.63) is 23.3 Å². The summed E-state index contributed by atoms with van der Waals surface area (Å²) in [6, 6.07) is 4.28. The standard InChI is InChI=1S/C15H21NO2/c1-11-8-13-14(18-7-6-17-13)9-12(11)15(10-16)4-2-3-5-15/h8-9H,2-7,10,16H2,1H3. The van der Waals surface area contributed by atoms with Crippen LogP contribution in [0.4, 0.5) is 0 Å². The van der Waals surface area contributed by atoms with E-state index in [4.69, 9.17) is 15.2 Å². The normalized spacial score (nSPS) is 21.0. The van der Waals surface area contributed by atoms with Crippen molar-refractivity contribution in [1.29, 1.82) is 0 Å². The third kappa shape index (κ3) is 1.77. The largest absolute Gasteiger partial charge is 0.486 e. The molecule has 1 saturated carbocycles. The number of ether oxygens (including phenoxy) is 2. The first kappa shape index (κ1) is 11.8. The molecule has 1 heterocycles. The molecule has 18 heavy (non-hydrogen) atoms. The zero-order chi connectivity index (χ0) is 12.6. The van der Waals surface area contributed by atoms with Crippen molar-refractivity contribution in [3.8, 4) is 11.5 Å². The molecule has 1 aliphatic carbocycles. The van der Waals surface area contributed by atoms with Gasteiger partial charge in [-0.25, -0.2) is 0 Å². The van der Waals surface area contributed by atoms with Crippen molar-refractivity contribution in [2.24, 2.45) is 5.73 Å².